The molecule has 0 aliphatic carbocycles. The summed E-state index contributed by atoms with van der Waals surface area (Å²) in [4.78, 5) is 0. The van der Waals surface area contributed by atoms with Gasteiger partial charge >= 0.3 is 37.9 Å². The molecule has 0 heterocycles. The predicted octanol–water partition coefficient (Wildman–Crippen LogP) is 13.5. The van der Waals surface area contributed by atoms with Crippen LogP contribution in [0.5, 0.6) is 0 Å². The zero-order chi connectivity index (χ0) is 32.2. The van der Waals surface area contributed by atoms with Crippen molar-refractivity contribution in [2.75, 3.05) is 0 Å². The van der Waals surface area contributed by atoms with Crippen LogP contribution in [0.2, 0.25) is 13.1 Å². The molecule has 0 fully saturated rings. The molecule has 6 aromatic rings. The van der Waals surface area contributed by atoms with Crippen molar-refractivity contribution in [1.82, 2.24) is 0 Å². The Morgan fingerprint density at radius 3 is 1.18 bits per heavy atom. The molecule has 0 atom stereocenters. The number of hydrogen-bond donors (Lipinski definition) is 0. The number of halogens is 2. The molecule has 0 amide bonds. The molecule has 0 aromatic heterocycles. The molecule has 0 aliphatic heterocycles. The molecular weight excluding hydrogens is 671 g/mol. The number of benzene rings is 4. The van der Waals surface area contributed by atoms with E-state index >= 15 is 0 Å². The molecular formula is C40H44Cl2SiZr. The molecule has 0 unspecified atom stereocenters. The molecule has 0 N–H and O–H groups in total. The van der Waals surface area contributed by atoms with Gasteiger partial charge in [-0.25, -0.2) is 0 Å². The predicted molar refractivity (Wildman–Crippen MR) is 197 cm³/mol. The van der Waals surface area contributed by atoms with Crippen LogP contribution in [0.15, 0.2) is 109 Å². The van der Waals surface area contributed by atoms with Gasteiger partial charge in [0, 0.05) is 9.52 Å². The Labute approximate surface area is 287 Å². The molecule has 226 valence electrons. The maximum absolute atomic E-state index is 4.93. The first kappa shape index (κ1) is 36.3. The van der Waals surface area contributed by atoms with Crippen molar-refractivity contribution in [3.8, 4) is 22.3 Å². The van der Waals surface area contributed by atoms with Gasteiger partial charge in [-0.1, -0.05) is 124 Å². The van der Waals surface area contributed by atoms with Crippen LogP contribution in [-0.4, -0.2) is 9.52 Å². The summed E-state index contributed by atoms with van der Waals surface area (Å²) in [5.74, 6) is 1.16. The summed E-state index contributed by atoms with van der Waals surface area (Å²) in [6.07, 6.45) is 0. The van der Waals surface area contributed by atoms with E-state index in [1.54, 1.807) is 0 Å². The first-order valence-electron chi connectivity index (χ1n) is 15.2. The Morgan fingerprint density at radius 1 is 0.568 bits per heavy atom. The Morgan fingerprint density at radius 2 is 0.886 bits per heavy atom. The first-order valence-corrected chi connectivity index (χ1v) is 23.5. The van der Waals surface area contributed by atoms with Crippen LogP contribution in [0, 0.1) is 13.8 Å². The van der Waals surface area contributed by atoms with E-state index in [1.165, 1.54) is 66.1 Å². The van der Waals surface area contributed by atoms with E-state index in [0.717, 1.165) is 9.52 Å². The van der Waals surface area contributed by atoms with Crippen molar-refractivity contribution in [1.29, 1.82) is 0 Å². The number of rotatable bonds is 4. The molecule has 0 spiro atoms. The Kier molecular flexibility index (Phi) is 14.9. The van der Waals surface area contributed by atoms with Crippen LogP contribution < -0.4 is 0 Å². The van der Waals surface area contributed by atoms with Crippen LogP contribution in [-0.2, 0) is 20.8 Å². The van der Waals surface area contributed by atoms with Gasteiger partial charge in [-0.05, 0) is 36.8 Å². The van der Waals surface area contributed by atoms with Gasteiger partial charge in [-0.3, -0.25) is 0 Å². The molecule has 2 radical (unpaired) electrons. The molecule has 0 saturated carbocycles. The van der Waals surface area contributed by atoms with Crippen molar-refractivity contribution in [3.05, 3.63) is 131 Å². The molecule has 6 rings (SSSR count). The number of fused-ring (bicyclic) bond motifs is 2. The number of aryl methyl sites for hydroxylation is 2. The topological polar surface area (TPSA) is 0 Å². The minimum absolute atomic E-state index is 0.582. The Balaban J connectivity index is 0.000000204. The summed E-state index contributed by atoms with van der Waals surface area (Å²) in [6.45, 7) is 17.6. The van der Waals surface area contributed by atoms with Crippen molar-refractivity contribution in [2.45, 2.75) is 66.5 Å². The summed E-state index contributed by atoms with van der Waals surface area (Å²) >= 11 is -0.826. The van der Waals surface area contributed by atoms with E-state index in [4.69, 9.17) is 17.0 Å². The minimum atomic E-state index is -0.826. The maximum atomic E-state index is 4.93. The molecule has 0 aliphatic rings. The normalized spacial score (nSPS) is 10.5. The quantitative estimate of drug-likeness (QED) is 0.126. The summed E-state index contributed by atoms with van der Waals surface area (Å²) in [7, 11) is 11.0. The summed E-state index contributed by atoms with van der Waals surface area (Å²) in [5.41, 5.74) is 10.7. The monoisotopic (exact) mass is 712 g/mol. The van der Waals surface area contributed by atoms with Gasteiger partial charge in [0.15, 0.2) is 0 Å². The average molecular weight is 715 g/mol. The molecule has 0 saturated heterocycles. The third-order valence-electron chi connectivity index (χ3n) is 7.60. The van der Waals surface area contributed by atoms with Gasteiger partial charge in [0.05, 0.1) is 0 Å². The zero-order valence-electron chi connectivity index (χ0n) is 27.3. The third kappa shape index (κ3) is 9.89. The zero-order valence-corrected chi connectivity index (χ0v) is 32.3. The molecule has 6 aromatic carbocycles. The van der Waals surface area contributed by atoms with Gasteiger partial charge in [-0.2, -0.15) is 12.1 Å². The Hall–Kier alpha value is -2.22. The Bertz CT molecular complexity index is 1580. The summed E-state index contributed by atoms with van der Waals surface area (Å²) in [5, 5.41) is 5.44. The van der Waals surface area contributed by atoms with Crippen LogP contribution in [0.25, 0.3) is 43.8 Å². The average Bonchev–Trinajstić information content (AvgIpc) is 3.65. The first-order chi connectivity index (χ1) is 21.1. The van der Waals surface area contributed by atoms with E-state index in [1.807, 2.05) is 0 Å². The van der Waals surface area contributed by atoms with Crippen molar-refractivity contribution in [3.63, 3.8) is 0 Å². The summed E-state index contributed by atoms with van der Waals surface area (Å²) < 4.78 is 0. The van der Waals surface area contributed by atoms with Crippen molar-refractivity contribution in [2.24, 2.45) is 0 Å². The summed E-state index contributed by atoms with van der Waals surface area (Å²) in [6, 6.07) is 40.1. The van der Waals surface area contributed by atoms with E-state index in [9.17, 15) is 0 Å². The molecule has 0 nitrogen and oxygen atoms in total. The van der Waals surface area contributed by atoms with Crippen molar-refractivity contribution < 1.29 is 20.8 Å². The van der Waals surface area contributed by atoms with E-state index in [0.29, 0.717) is 11.8 Å². The fraction of sp³-hybridized carbons (Fsp3) is 0.250. The van der Waals surface area contributed by atoms with E-state index in [-0.39, 0.29) is 0 Å². The third-order valence-corrected chi connectivity index (χ3v) is 7.60. The van der Waals surface area contributed by atoms with Crippen LogP contribution in [0.4, 0.5) is 0 Å². The second kappa shape index (κ2) is 18.1. The number of hydrogen-bond acceptors (Lipinski definition) is 0. The van der Waals surface area contributed by atoms with Gasteiger partial charge in [0.25, 0.3) is 0 Å². The van der Waals surface area contributed by atoms with Gasteiger partial charge in [0.1, 0.15) is 0 Å². The van der Waals surface area contributed by atoms with Crippen LogP contribution in [0.3, 0.4) is 0 Å². The van der Waals surface area contributed by atoms with Gasteiger partial charge < -0.3 is 0 Å². The van der Waals surface area contributed by atoms with Crippen LogP contribution in [0.1, 0.15) is 61.8 Å². The van der Waals surface area contributed by atoms with Crippen molar-refractivity contribution >= 4 is 48.1 Å². The van der Waals surface area contributed by atoms with Gasteiger partial charge in [-0.15, -0.1) is 69.1 Å². The second-order valence-corrected chi connectivity index (χ2v) is 16.5. The fourth-order valence-electron chi connectivity index (χ4n) is 5.15. The molecule has 0 bridgehead atoms. The molecule has 4 heteroatoms. The van der Waals surface area contributed by atoms with Crippen LogP contribution >= 0.6 is 17.0 Å². The SMILES string of the molecule is C[Si]C.Cc1ccc(-c2cccc3[cH-]c(C(C)C)cc23)cc1.Cc1ccc(-c2cccc3[cH-]c(C(C)C)cc23)cc1.[Cl][Zr+2][Cl]. The second-order valence-electron chi connectivity index (χ2n) is 11.8. The van der Waals surface area contributed by atoms with Gasteiger partial charge in [0.2, 0.25) is 0 Å². The molecule has 44 heavy (non-hydrogen) atoms. The fourth-order valence-corrected chi connectivity index (χ4v) is 5.15. The van der Waals surface area contributed by atoms with E-state index < -0.39 is 20.8 Å². The standard InChI is InChI=1S/2C19H19.C2H6Si.2ClH.Zr/c2*1-13(2)17-11-16-5-4-6-18(19(16)12-17)15-9-7-14(3)8-10-15;1-3-2;;;/h2*4-13H,1-3H3;1-2H3;2*1H;/q2*-1;;;;+4/p-2. The van der Waals surface area contributed by atoms with E-state index in [2.05, 4.69) is 164 Å².